The van der Waals surface area contributed by atoms with Gasteiger partial charge in [-0.3, -0.25) is 19.4 Å². The largest absolute Gasteiger partial charge is 0.484 e. The summed E-state index contributed by atoms with van der Waals surface area (Å²) in [5.41, 5.74) is 3.68. The zero-order valence-electron chi connectivity index (χ0n) is 17.5. The van der Waals surface area contributed by atoms with Crippen molar-refractivity contribution < 1.29 is 23.9 Å². The van der Waals surface area contributed by atoms with E-state index in [1.54, 1.807) is 48.8 Å². The Morgan fingerprint density at radius 3 is 2.59 bits per heavy atom. The molecule has 3 rings (SSSR count). The molecule has 0 saturated carbocycles. The Morgan fingerprint density at radius 2 is 1.88 bits per heavy atom. The maximum absolute atomic E-state index is 11.8. The van der Waals surface area contributed by atoms with Crippen molar-refractivity contribution in [2.24, 2.45) is 5.10 Å². The van der Waals surface area contributed by atoms with Gasteiger partial charge in [0.15, 0.2) is 6.61 Å². The van der Waals surface area contributed by atoms with Gasteiger partial charge in [-0.25, -0.2) is 5.43 Å². The first-order valence-electron chi connectivity index (χ1n) is 10.2. The number of ether oxygens (including phenoxy) is 2. The third-order valence-electron chi connectivity index (χ3n) is 4.59. The molecule has 0 radical (unpaired) electrons. The van der Waals surface area contributed by atoms with E-state index in [0.717, 1.165) is 25.0 Å². The highest BCUT2D eigenvalue weighted by Crippen LogP contribution is 2.12. The summed E-state index contributed by atoms with van der Waals surface area (Å²) in [6.45, 7) is 1.36. The van der Waals surface area contributed by atoms with Crippen molar-refractivity contribution in [2.75, 3.05) is 19.8 Å². The Hall–Kier alpha value is -3.79. The van der Waals surface area contributed by atoms with E-state index in [1.165, 1.54) is 6.21 Å². The van der Waals surface area contributed by atoms with E-state index in [-0.39, 0.29) is 25.2 Å². The molecule has 1 aromatic heterocycles. The average Bonchev–Trinajstić information content (AvgIpc) is 3.35. The molecule has 2 heterocycles. The van der Waals surface area contributed by atoms with Crippen molar-refractivity contribution in [1.29, 1.82) is 0 Å². The van der Waals surface area contributed by atoms with Crippen LogP contribution < -0.4 is 20.8 Å². The van der Waals surface area contributed by atoms with Gasteiger partial charge in [-0.1, -0.05) is 0 Å². The Kier molecular flexibility index (Phi) is 8.70. The molecule has 1 aromatic carbocycles. The van der Waals surface area contributed by atoms with Crippen molar-refractivity contribution in [3.05, 3.63) is 59.9 Å². The molecule has 168 valence electrons. The number of carbonyl (C=O) groups is 3. The Balaban J connectivity index is 1.34. The summed E-state index contributed by atoms with van der Waals surface area (Å²) in [6.07, 6.45) is 6.67. The van der Waals surface area contributed by atoms with Gasteiger partial charge in [-0.15, -0.1) is 0 Å². The lowest BCUT2D eigenvalue weighted by molar-refractivity contribution is -0.139. The smallest absolute Gasteiger partial charge is 0.329 e. The number of rotatable bonds is 9. The maximum Gasteiger partial charge on any atom is 0.329 e. The van der Waals surface area contributed by atoms with Crippen LogP contribution in [0.2, 0.25) is 0 Å². The molecular formula is C22H25N5O5. The van der Waals surface area contributed by atoms with Crippen LogP contribution in [0.4, 0.5) is 0 Å². The number of benzene rings is 1. The molecule has 0 unspecified atom stereocenters. The van der Waals surface area contributed by atoms with Gasteiger partial charge in [-0.05, 0) is 60.4 Å². The van der Waals surface area contributed by atoms with Crippen molar-refractivity contribution in [2.45, 2.75) is 25.5 Å². The monoisotopic (exact) mass is 439 g/mol. The van der Waals surface area contributed by atoms with E-state index < -0.39 is 11.8 Å². The zero-order chi connectivity index (χ0) is 22.6. The number of nitrogens with zero attached hydrogens (tertiary/aromatic N) is 2. The molecule has 2 aromatic rings. The van der Waals surface area contributed by atoms with Gasteiger partial charge in [0.1, 0.15) is 5.75 Å². The van der Waals surface area contributed by atoms with Crippen LogP contribution in [0.25, 0.3) is 0 Å². The summed E-state index contributed by atoms with van der Waals surface area (Å²) >= 11 is 0. The molecule has 32 heavy (non-hydrogen) atoms. The minimum atomic E-state index is -0.871. The fourth-order valence-corrected chi connectivity index (χ4v) is 2.86. The van der Waals surface area contributed by atoms with Crippen molar-refractivity contribution in [1.82, 2.24) is 21.0 Å². The predicted molar refractivity (Wildman–Crippen MR) is 116 cm³/mol. The molecule has 3 N–H and O–H groups in total. The lowest BCUT2D eigenvalue weighted by Gasteiger charge is -2.11. The number of nitrogens with one attached hydrogen (secondary N) is 3. The average molecular weight is 439 g/mol. The number of hydrogen-bond acceptors (Lipinski definition) is 7. The molecule has 0 bridgehead atoms. The summed E-state index contributed by atoms with van der Waals surface area (Å²) < 4.78 is 10.9. The Labute approximate surface area is 185 Å². The summed E-state index contributed by atoms with van der Waals surface area (Å²) in [5.74, 6) is -1.35. The predicted octanol–water partition coefficient (Wildman–Crippen LogP) is 0.522. The van der Waals surface area contributed by atoms with Gasteiger partial charge in [0.05, 0.1) is 12.3 Å². The lowest BCUT2D eigenvalue weighted by atomic mass is 10.2. The van der Waals surface area contributed by atoms with Gasteiger partial charge in [0.2, 0.25) is 0 Å². The second-order valence-electron chi connectivity index (χ2n) is 7.03. The molecule has 1 fully saturated rings. The third kappa shape index (κ3) is 7.80. The Morgan fingerprint density at radius 1 is 1.09 bits per heavy atom. The first-order chi connectivity index (χ1) is 15.6. The van der Waals surface area contributed by atoms with Crippen LogP contribution in [0.1, 0.15) is 24.0 Å². The van der Waals surface area contributed by atoms with Crippen LogP contribution >= 0.6 is 0 Å². The van der Waals surface area contributed by atoms with Crippen LogP contribution in [-0.2, 0) is 25.7 Å². The van der Waals surface area contributed by atoms with Crippen LogP contribution in [0.15, 0.2) is 53.9 Å². The molecule has 1 aliphatic rings. The highest BCUT2D eigenvalue weighted by atomic mass is 16.5. The molecule has 3 amide bonds. The third-order valence-corrected chi connectivity index (χ3v) is 4.59. The summed E-state index contributed by atoms with van der Waals surface area (Å²) in [4.78, 5) is 39.3. The van der Waals surface area contributed by atoms with Gasteiger partial charge in [0, 0.05) is 32.1 Å². The molecule has 0 aliphatic carbocycles. The van der Waals surface area contributed by atoms with Crippen LogP contribution in [0.3, 0.4) is 0 Å². The van der Waals surface area contributed by atoms with Crippen LogP contribution in [0, 0.1) is 0 Å². The lowest BCUT2D eigenvalue weighted by Crippen LogP contribution is -2.37. The van der Waals surface area contributed by atoms with E-state index in [4.69, 9.17) is 9.47 Å². The van der Waals surface area contributed by atoms with Crippen molar-refractivity contribution in [3.8, 4) is 5.75 Å². The number of carbonyl (C=O) groups excluding carboxylic acids is 3. The summed E-state index contributed by atoms with van der Waals surface area (Å²) in [6, 6.07) is 10.2. The maximum atomic E-state index is 11.8. The van der Waals surface area contributed by atoms with E-state index in [9.17, 15) is 14.4 Å². The quantitative estimate of drug-likeness (QED) is 0.297. The highest BCUT2D eigenvalue weighted by molar-refractivity contribution is 6.35. The molecule has 1 atom stereocenters. The van der Waals surface area contributed by atoms with Gasteiger partial charge < -0.3 is 20.1 Å². The molecule has 0 spiro atoms. The minimum absolute atomic E-state index is 0.0884. The molecular weight excluding hydrogens is 414 g/mol. The Bertz CT molecular complexity index is 927. The highest BCUT2D eigenvalue weighted by Gasteiger charge is 2.16. The summed E-state index contributed by atoms with van der Waals surface area (Å²) in [5, 5.41) is 9.05. The van der Waals surface area contributed by atoms with Gasteiger partial charge >= 0.3 is 11.8 Å². The summed E-state index contributed by atoms with van der Waals surface area (Å²) in [7, 11) is 0. The van der Waals surface area contributed by atoms with Crippen LogP contribution in [0.5, 0.6) is 5.75 Å². The molecule has 10 nitrogen and oxygen atoms in total. The SMILES string of the molecule is O=C(COc1ccc(/C=N\NC(=O)C(=O)NCc2ccncc2)cc1)NC[C@@H]1CCCO1. The normalized spacial score (nSPS) is 15.3. The van der Waals surface area contributed by atoms with E-state index >= 15 is 0 Å². The van der Waals surface area contributed by atoms with Crippen molar-refractivity contribution >= 4 is 23.9 Å². The number of aromatic nitrogens is 1. The topological polar surface area (TPSA) is 131 Å². The fraction of sp³-hybridized carbons (Fsp3) is 0.318. The zero-order valence-corrected chi connectivity index (χ0v) is 17.5. The van der Waals surface area contributed by atoms with E-state index in [1.807, 2.05) is 0 Å². The van der Waals surface area contributed by atoms with Gasteiger partial charge in [0.25, 0.3) is 5.91 Å². The second kappa shape index (κ2) is 12.2. The van der Waals surface area contributed by atoms with E-state index in [2.05, 4.69) is 26.1 Å². The first-order valence-corrected chi connectivity index (χ1v) is 10.2. The molecule has 10 heteroatoms. The van der Waals surface area contributed by atoms with Gasteiger partial charge in [-0.2, -0.15) is 5.10 Å². The number of amides is 3. The standard InChI is InChI=1S/C22H25N5O5/c28-20(24-14-19-2-1-11-31-19)15-32-18-5-3-16(4-6-18)13-26-27-22(30)21(29)25-12-17-7-9-23-10-8-17/h3-10,13,19H,1-2,11-12,14-15H2,(H,24,28)(H,25,29)(H,27,30)/b26-13-/t19-/m0/s1. The van der Waals surface area contributed by atoms with Crippen molar-refractivity contribution in [3.63, 3.8) is 0 Å². The van der Waals surface area contributed by atoms with Crippen LogP contribution in [-0.4, -0.2) is 54.8 Å². The second-order valence-corrected chi connectivity index (χ2v) is 7.03. The molecule has 1 aliphatic heterocycles. The fourth-order valence-electron chi connectivity index (χ4n) is 2.86. The number of pyridine rings is 1. The van der Waals surface area contributed by atoms with E-state index in [0.29, 0.717) is 17.9 Å². The first kappa shape index (κ1) is 22.9. The minimum Gasteiger partial charge on any atom is -0.484 e. The molecule has 1 saturated heterocycles. The number of hydrogen-bond donors (Lipinski definition) is 3. The number of hydrazone groups is 1.